The Kier molecular flexibility index (Phi) is 9.48. The summed E-state index contributed by atoms with van der Waals surface area (Å²) in [5.41, 5.74) is 20.4. The molecular weight excluding hydrogens is 751 g/mol. The van der Waals surface area contributed by atoms with Gasteiger partial charge >= 0.3 is 0 Å². The van der Waals surface area contributed by atoms with Crippen molar-refractivity contribution in [3.8, 4) is 95.6 Å². The molecular formula is C59H43N3. The van der Waals surface area contributed by atoms with E-state index >= 15 is 0 Å². The van der Waals surface area contributed by atoms with E-state index < -0.39 is 0 Å². The highest BCUT2D eigenvalue weighted by atomic mass is 14.9. The van der Waals surface area contributed by atoms with Crippen LogP contribution in [0, 0.1) is 11.3 Å². The largest absolute Gasteiger partial charge is 0.228 e. The molecule has 0 aliphatic heterocycles. The average molecular weight is 794 g/mol. The molecule has 8 aromatic carbocycles. The lowest BCUT2D eigenvalue weighted by Crippen LogP contribution is -2.28. The summed E-state index contributed by atoms with van der Waals surface area (Å²) >= 11 is 0. The van der Waals surface area contributed by atoms with E-state index in [1.807, 2.05) is 30.3 Å². The second-order valence-corrected chi connectivity index (χ2v) is 16.8. The number of benzene rings is 8. The number of hydrogen-bond acceptors (Lipinski definition) is 3. The Bertz CT molecular complexity index is 3140. The van der Waals surface area contributed by atoms with Crippen LogP contribution in [0.5, 0.6) is 0 Å². The van der Waals surface area contributed by atoms with Gasteiger partial charge in [0.1, 0.15) is 0 Å². The second-order valence-electron chi connectivity index (χ2n) is 16.8. The zero-order valence-electron chi connectivity index (χ0n) is 34.4. The first-order valence-electron chi connectivity index (χ1n) is 21.7. The first-order chi connectivity index (χ1) is 30.6. The normalized spacial score (nSPS) is 13.6. The highest BCUT2D eigenvalue weighted by Gasteiger charge is 2.44. The Morgan fingerprint density at radius 3 is 1.50 bits per heavy atom. The molecule has 1 heterocycles. The van der Waals surface area contributed by atoms with Crippen LogP contribution in [0.4, 0.5) is 0 Å². The van der Waals surface area contributed by atoms with Crippen LogP contribution in [-0.4, -0.2) is 9.97 Å². The molecule has 1 fully saturated rings. The van der Waals surface area contributed by atoms with Gasteiger partial charge in [-0.05, 0) is 110 Å². The van der Waals surface area contributed by atoms with Gasteiger partial charge in [-0.3, -0.25) is 0 Å². The first-order valence-corrected chi connectivity index (χ1v) is 21.7. The van der Waals surface area contributed by atoms with Gasteiger partial charge in [-0.2, -0.15) is 5.26 Å². The third-order valence-corrected chi connectivity index (χ3v) is 13.2. The maximum absolute atomic E-state index is 9.92. The SMILES string of the molecule is N#Cc1ccc2c(c1)-c1c(-c3cccc(-c4cccc(-c5ccc(-c6cc(-c7ccc(-c8ccccc8)cc7)nc(-c7ccccc7)n6)cc5)c4)c3)cccc1C21CCCCC1. The lowest BCUT2D eigenvalue weighted by molar-refractivity contribution is 0.353. The molecule has 0 amide bonds. The molecule has 0 N–H and O–H groups in total. The molecule has 1 spiro atoms. The molecule has 0 saturated heterocycles. The van der Waals surface area contributed by atoms with Gasteiger partial charge in [0.05, 0.1) is 23.0 Å². The molecule has 294 valence electrons. The summed E-state index contributed by atoms with van der Waals surface area (Å²) < 4.78 is 0. The van der Waals surface area contributed by atoms with E-state index in [2.05, 4.69) is 176 Å². The van der Waals surface area contributed by atoms with Gasteiger partial charge in [0.2, 0.25) is 0 Å². The zero-order chi connectivity index (χ0) is 41.5. The molecule has 62 heavy (non-hydrogen) atoms. The maximum atomic E-state index is 9.92. The molecule has 2 aliphatic carbocycles. The molecule has 3 heteroatoms. The van der Waals surface area contributed by atoms with Crippen molar-refractivity contribution in [3.63, 3.8) is 0 Å². The number of nitriles is 1. The molecule has 0 bridgehead atoms. The zero-order valence-corrected chi connectivity index (χ0v) is 34.4. The summed E-state index contributed by atoms with van der Waals surface area (Å²) in [5, 5.41) is 9.92. The van der Waals surface area contributed by atoms with Crippen molar-refractivity contribution in [2.24, 2.45) is 0 Å². The van der Waals surface area contributed by atoms with Crippen LogP contribution >= 0.6 is 0 Å². The van der Waals surface area contributed by atoms with Crippen molar-refractivity contribution < 1.29 is 0 Å². The first kappa shape index (κ1) is 37.3. The minimum absolute atomic E-state index is 0.0312. The van der Waals surface area contributed by atoms with Crippen molar-refractivity contribution in [2.75, 3.05) is 0 Å². The smallest absolute Gasteiger partial charge is 0.160 e. The van der Waals surface area contributed by atoms with Gasteiger partial charge in [-0.15, -0.1) is 0 Å². The predicted molar refractivity (Wildman–Crippen MR) is 254 cm³/mol. The van der Waals surface area contributed by atoms with Crippen LogP contribution in [0.3, 0.4) is 0 Å². The molecule has 9 aromatic rings. The van der Waals surface area contributed by atoms with Crippen LogP contribution in [0.1, 0.15) is 48.8 Å². The van der Waals surface area contributed by atoms with Gasteiger partial charge in [-0.1, -0.05) is 189 Å². The second kappa shape index (κ2) is 15.7. The number of hydrogen-bond donors (Lipinski definition) is 0. The van der Waals surface area contributed by atoms with E-state index in [9.17, 15) is 5.26 Å². The number of nitrogens with zero attached hydrogens (tertiary/aromatic N) is 3. The molecule has 0 atom stereocenters. The maximum Gasteiger partial charge on any atom is 0.160 e. The Morgan fingerprint density at radius 1 is 0.371 bits per heavy atom. The highest BCUT2D eigenvalue weighted by Crippen LogP contribution is 2.58. The third-order valence-electron chi connectivity index (χ3n) is 13.2. The summed E-state index contributed by atoms with van der Waals surface area (Å²) in [5.74, 6) is 0.703. The molecule has 1 saturated carbocycles. The molecule has 0 unspecified atom stereocenters. The molecule has 1 aromatic heterocycles. The lowest BCUT2D eigenvalue weighted by Gasteiger charge is -2.36. The standard InChI is InChI=1S/C59H43N3/c60-39-40-23-32-53-52(35-40)57-51(21-12-22-54(57)59(53)33-8-3-9-34-59)50-20-11-19-49(37-50)48-18-10-17-47(36-48)43-26-30-45(31-27-43)56-38-55(61-58(62-56)46-15-6-2-7-16-46)44-28-24-42(25-29-44)41-13-4-1-5-14-41/h1-2,4-7,10-32,35-38H,3,8-9,33-34H2. The van der Waals surface area contributed by atoms with E-state index in [1.54, 1.807) is 0 Å². The van der Waals surface area contributed by atoms with Crippen LogP contribution in [0.2, 0.25) is 0 Å². The van der Waals surface area contributed by atoms with Crippen molar-refractivity contribution in [1.29, 1.82) is 5.26 Å². The van der Waals surface area contributed by atoms with Crippen LogP contribution in [-0.2, 0) is 5.41 Å². The Hall–Kier alpha value is -7.67. The predicted octanol–water partition coefficient (Wildman–Crippen LogP) is 15.2. The molecule has 2 aliphatic rings. The molecule has 0 radical (unpaired) electrons. The fourth-order valence-electron chi connectivity index (χ4n) is 10.1. The monoisotopic (exact) mass is 793 g/mol. The summed E-state index contributed by atoms with van der Waals surface area (Å²) in [7, 11) is 0. The van der Waals surface area contributed by atoms with Crippen molar-refractivity contribution in [3.05, 3.63) is 217 Å². The third kappa shape index (κ3) is 6.71. The van der Waals surface area contributed by atoms with E-state index in [4.69, 9.17) is 9.97 Å². The summed E-state index contributed by atoms with van der Waals surface area (Å²) in [6, 6.07) is 73.6. The minimum Gasteiger partial charge on any atom is -0.228 e. The fourth-order valence-corrected chi connectivity index (χ4v) is 10.1. The van der Waals surface area contributed by atoms with Gasteiger partial charge in [0, 0.05) is 22.1 Å². The number of aromatic nitrogens is 2. The van der Waals surface area contributed by atoms with E-state index in [1.165, 1.54) is 74.9 Å². The van der Waals surface area contributed by atoms with Crippen molar-refractivity contribution in [1.82, 2.24) is 9.97 Å². The summed E-state index contributed by atoms with van der Waals surface area (Å²) in [4.78, 5) is 10.2. The summed E-state index contributed by atoms with van der Waals surface area (Å²) in [6.45, 7) is 0. The molecule has 3 nitrogen and oxygen atoms in total. The number of fused-ring (bicyclic) bond motifs is 5. The fraction of sp³-hybridized carbons (Fsp3) is 0.102. The quantitative estimate of drug-likeness (QED) is 0.161. The van der Waals surface area contributed by atoms with Gasteiger partial charge in [-0.25, -0.2) is 9.97 Å². The van der Waals surface area contributed by atoms with Gasteiger partial charge in [0.25, 0.3) is 0 Å². The van der Waals surface area contributed by atoms with Crippen LogP contribution in [0.25, 0.3) is 89.5 Å². The van der Waals surface area contributed by atoms with Crippen molar-refractivity contribution in [2.45, 2.75) is 37.5 Å². The van der Waals surface area contributed by atoms with Gasteiger partial charge < -0.3 is 0 Å². The Labute approximate surface area is 363 Å². The van der Waals surface area contributed by atoms with Crippen LogP contribution < -0.4 is 0 Å². The van der Waals surface area contributed by atoms with E-state index in [0.717, 1.165) is 57.6 Å². The minimum atomic E-state index is 0.0312. The van der Waals surface area contributed by atoms with E-state index in [-0.39, 0.29) is 5.41 Å². The highest BCUT2D eigenvalue weighted by molar-refractivity contribution is 5.94. The Morgan fingerprint density at radius 2 is 0.871 bits per heavy atom. The lowest BCUT2D eigenvalue weighted by atomic mass is 9.67. The van der Waals surface area contributed by atoms with Crippen molar-refractivity contribution >= 4 is 0 Å². The molecule has 11 rings (SSSR count). The summed E-state index contributed by atoms with van der Waals surface area (Å²) in [6.07, 6.45) is 6.08. The van der Waals surface area contributed by atoms with Crippen LogP contribution in [0.15, 0.2) is 200 Å². The van der Waals surface area contributed by atoms with E-state index in [0.29, 0.717) is 5.82 Å². The topological polar surface area (TPSA) is 49.6 Å². The Balaban J connectivity index is 0.916. The average Bonchev–Trinajstić information content (AvgIpc) is 3.62. The van der Waals surface area contributed by atoms with Gasteiger partial charge in [0.15, 0.2) is 5.82 Å². The number of rotatable bonds is 7.